The van der Waals surface area contributed by atoms with Crippen molar-refractivity contribution < 1.29 is 27.9 Å². The van der Waals surface area contributed by atoms with Crippen molar-refractivity contribution in [2.45, 2.75) is 32.0 Å². The summed E-state index contributed by atoms with van der Waals surface area (Å²) in [4.78, 5) is 22.6. The normalized spacial score (nSPS) is 12.8. The Morgan fingerprint density at radius 2 is 2.00 bits per heavy atom. The molecule has 0 radical (unpaired) electrons. The molecular weight excluding hydrogens is 289 g/mol. The van der Waals surface area contributed by atoms with Gasteiger partial charge in [-0.25, -0.2) is 4.79 Å². The van der Waals surface area contributed by atoms with Crippen LogP contribution < -0.4 is 11.1 Å². The highest BCUT2D eigenvalue weighted by Gasteiger charge is 2.31. The van der Waals surface area contributed by atoms with Gasteiger partial charge in [-0.1, -0.05) is 6.92 Å². The summed E-state index contributed by atoms with van der Waals surface area (Å²) < 4.78 is 37.9. The van der Waals surface area contributed by atoms with Crippen molar-refractivity contribution in [1.82, 2.24) is 0 Å². The fraction of sp³-hybridized carbons (Fsp3) is 0.385. The molecule has 5 nitrogen and oxygen atoms in total. The molecule has 8 heteroatoms. The van der Waals surface area contributed by atoms with E-state index in [2.05, 4.69) is 5.32 Å². The SMILES string of the molecule is CCC(N)CC(=O)Nc1cc(C(F)(F)F)ccc1C(=O)O. The molecule has 0 aromatic heterocycles. The average molecular weight is 304 g/mol. The maximum atomic E-state index is 12.6. The minimum atomic E-state index is -4.63. The number of alkyl halides is 3. The lowest BCUT2D eigenvalue weighted by atomic mass is 10.1. The van der Waals surface area contributed by atoms with Gasteiger partial charge in [0.15, 0.2) is 0 Å². The third kappa shape index (κ3) is 4.75. The molecule has 1 aromatic carbocycles. The van der Waals surface area contributed by atoms with Gasteiger partial charge in [0.1, 0.15) is 0 Å². The summed E-state index contributed by atoms with van der Waals surface area (Å²) in [6, 6.07) is 1.61. The summed E-state index contributed by atoms with van der Waals surface area (Å²) in [6.07, 6.45) is -4.22. The molecular formula is C13H15F3N2O3. The first-order valence-corrected chi connectivity index (χ1v) is 6.15. The van der Waals surface area contributed by atoms with E-state index in [4.69, 9.17) is 10.8 Å². The van der Waals surface area contributed by atoms with Crippen LogP contribution in [0.1, 0.15) is 35.7 Å². The highest BCUT2D eigenvalue weighted by atomic mass is 19.4. The van der Waals surface area contributed by atoms with Crippen molar-refractivity contribution in [3.63, 3.8) is 0 Å². The van der Waals surface area contributed by atoms with E-state index in [1.54, 1.807) is 6.92 Å². The summed E-state index contributed by atoms with van der Waals surface area (Å²) in [7, 11) is 0. The Balaban J connectivity index is 3.07. The van der Waals surface area contributed by atoms with Crippen LogP contribution >= 0.6 is 0 Å². The Bertz CT molecular complexity index is 544. The fourth-order valence-corrected chi connectivity index (χ4v) is 1.59. The Kier molecular flexibility index (Phi) is 5.31. The lowest BCUT2D eigenvalue weighted by molar-refractivity contribution is -0.137. The number of carbonyl (C=O) groups excluding carboxylic acids is 1. The summed E-state index contributed by atoms with van der Waals surface area (Å²) in [5.74, 6) is -2.06. The van der Waals surface area contributed by atoms with E-state index in [0.29, 0.717) is 18.6 Å². The molecule has 1 aromatic rings. The predicted molar refractivity (Wildman–Crippen MR) is 69.9 cm³/mol. The largest absolute Gasteiger partial charge is 0.478 e. The zero-order valence-electron chi connectivity index (χ0n) is 11.2. The number of rotatable bonds is 5. The minimum Gasteiger partial charge on any atom is -0.478 e. The Hall–Kier alpha value is -2.09. The highest BCUT2D eigenvalue weighted by Crippen LogP contribution is 2.32. The number of anilines is 1. The summed E-state index contributed by atoms with van der Waals surface area (Å²) in [5, 5.41) is 11.1. The summed E-state index contributed by atoms with van der Waals surface area (Å²) >= 11 is 0. The molecule has 0 bridgehead atoms. The lowest BCUT2D eigenvalue weighted by Gasteiger charge is -2.14. The summed E-state index contributed by atoms with van der Waals surface area (Å²) in [5.41, 5.74) is 3.72. The molecule has 0 saturated carbocycles. The van der Waals surface area contributed by atoms with Crippen LogP contribution in [-0.4, -0.2) is 23.0 Å². The van der Waals surface area contributed by atoms with Crippen LogP contribution in [0.2, 0.25) is 0 Å². The van der Waals surface area contributed by atoms with Crippen molar-refractivity contribution >= 4 is 17.6 Å². The van der Waals surface area contributed by atoms with Gasteiger partial charge in [-0.3, -0.25) is 4.79 Å². The second-order valence-corrected chi connectivity index (χ2v) is 4.48. The molecule has 1 atom stereocenters. The molecule has 0 aliphatic carbocycles. The maximum Gasteiger partial charge on any atom is 0.416 e. The van der Waals surface area contributed by atoms with Gasteiger partial charge in [0.25, 0.3) is 0 Å². The number of nitrogens with one attached hydrogen (secondary N) is 1. The van der Waals surface area contributed by atoms with Crippen LogP contribution in [0.5, 0.6) is 0 Å². The van der Waals surface area contributed by atoms with Crippen molar-refractivity contribution in [2.75, 3.05) is 5.32 Å². The molecule has 1 amide bonds. The van der Waals surface area contributed by atoms with Crippen molar-refractivity contribution in [3.8, 4) is 0 Å². The van der Waals surface area contributed by atoms with Gasteiger partial charge in [-0.2, -0.15) is 13.2 Å². The number of amides is 1. The number of halogens is 3. The van der Waals surface area contributed by atoms with Crippen molar-refractivity contribution in [3.05, 3.63) is 29.3 Å². The molecule has 116 valence electrons. The quantitative estimate of drug-likeness (QED) is 0.779. The van der Waals surface area contributed by atoms with E-state index in [1.165, 1.54) is 0 Å². The zero-order chi connectivity index (χ0) is 16.2. The number of nitrogens with two attached hydrogens (primary N) is 1. The third-order valence-corrected chi connectivity index (χ3v) is 2.82. The van der Waals surface area contributed by atoms with Crippen LogP contribution in [0.15, 0.2) is 18.2 Å². The van der Waals surface area contributed by atoms with E-state index >= 15 is 0 Å². The second-order valence-electron chi connectivity index (χ2n) is 4.48. The molecule has 0 aliphatic rings. The molecule has 1 rings (SSSR count). The second kappa shape index (κ2) is 6.57. The minimum absolute atomic E-state index is 0.105. The molecule has 1 unspecified atom stereocenters. The van der Waals surface area contributed by atoms with Gasteiger partial charge in [0.2, 0.25) is 5.91 Å². The van der Waals surface area contributed by atoms with E-state index < -0.39 is 40.9 Å². The number of hydrogen-bond acceptors (Lipinski definition) is 3. The Labute approximate surface area is 118 Å². The topological polar surface area (TPSA) is 92.4 Å². The van der Waals surface area contributed by atoms with E-state index in [-0.39, 0.29) is 6.42 Å². The maximum absolute atomic E-state index is 12.6. The standard InChI is InChI=1S/C13H15F3N2O3/c1-2-8(17)6-11(19)18-10-5-7(13(14,15)16)3-4-9(10)12(20)21/h3-5,8H,2,6,17H2,1H3,(H,18,19)(H,20,21). The number of aromatic carboxylic acids is 1. The number of carboxylic acid groups (broad SMARTS) is 1. The van der Waals surface area contributed by atoms with Gasteiger partial charge >= 0.3 is 12.1 Å². The molecule has 0 heterocycles. The molecule has 4 N–H and O–H groups in total. The van der Waals surface area contributed by atoms with Crippen molar-refractivity contribution in [2.24, 2.45) is 5.73 Å². The Morgan fingerprint density at radius 1 is 1.38 bits per heavy atom. The first-order chi connectivity index (χ1) is 9.65. The van der Waals surface area contributed by atoms with Crippen molar-refractivity contribution in [1.29, 1.82) is 0 Å². The predicted octanol–water partition coefficient (Wildman–Crippen LogP) is 2.47. The van der Waals surface area contributed by atoms with E-state index in [9.17, 15) is 22.8 Å². The van der Waals surface area contributed by atoms with E-state index in [0.717, 1.165) is 6.07 Å². The van der Waals surface area contributed by atoms with Gasteiger partial charge in [-0.05, 0) is 24.6 Å². The van der Waals surface area contributed by atoms with Crippen LogP contribution in [0.3, 0.4) is 0 Å². The molecule has 0 fully saturated rings. The molecule has 21 heavy (non-hydrogen) atoms. The lowest BCUT2D eigenvalue weighted by Crippen LogP contribution is -2.27. The van der Waals surface area contributed by atoms with Gasteiger partial charge in [0, 0.05) is 12.5 Å². The van der Waals surface area contributed by atoms with Gasteiger partial charge in [-0.15, -0.1) is 0 Å². The average Bonchev–Trinajstić information content (AvgIpc) is 2.36. The number of hydrogen-bond donors (Lipinski definition) is 3. The Morgan fingerprint density at radius 3 is 2.48 bits per heavy atom. The smallest absolute Gasteiger partial charge is 0.416 e. The molecule has 0 saturated heterocycles. The van der Waals surface area contributed by atoms with Gasteiger partial charge in [0.05, 0.1) is 16.8 Å². The summed E-state index contributed by atoms with van der Waals surface area (Å²) in [6.45, 7) is 1.75. The number of carboxylic acids is 1. The third-order valence-electron chi connectivity index (χ3n) is 2.82. The van der Waals surface area contributed by atoms with Crippen LogP contribution in [-0.2, 0) is 11.0 Å². The first kappa shape index (κ1) is 17.0. The van der Waals surface area contributed by atoms with E-state index in [1.807, 2.05) is 0 Å². The molecule has 0 aliphatic heterocycles. The number of benzene rings is 1. The monoisotopic (exact) mass is 304 g/mol. The fourth-order valence-electron chi connectivity index (χ4n) is 1.59. The van der Waals surface area contributed by atoms with Gasteiger partial charge < -0.3 is 16.2 Å². The number of carbonyl (C=O) groups is 2. The van der Waals surface area contributed by atoms with Crippen LogP contribution in [0, 0.1) is 0 Å². The first-order valence-electron chi connectivity index (χ1n) is 6.15. The molecule has 0 spiro atoms. The van der Waals surface area contributed by atoms with Crippen LogP contribution in [0.4, 0.5) is 18.9 Å². The van der Waals surface area contributed by atoms with Crippen LogP contribution in [0.25, 0.3) is 0 Å². The highest BCUT2D eigenvalue weighted by molar-refractivity contribution is 6.00. The zero-order valence-corrected chi connectivity index (χ0v) is 11.2.